The minimum Gasteiger partial charge on any atom is -0.384 e. The number of halogens is 1. The summed E-state index contributed by atoms with van der Waals surface area (Å²) in [6, 6.07) is 0. The van der Waals surface area contributed by atoms with Gasteiger partial charge in [-0.1, -0.05) is 5.16 Å². The summed E-state index contributed by atoms with van der Waals surface area (Å²) in [7, 11) is 1.63. The van der Waals surface area contributed by atoms with Crippen LogP contribution in [0.4, 0.5) is 0 Å². The van der Waals surface area contributed by atoms with E-state index in [2.05, 4.69) is 10.1 Å². The molecule has 0 aromatic carbocycles. The Balaban J connectivity index is 0.00000121. The Hall–Kier alpha value is -0.650. The molecule has 0 atom stereocenters. The Bertz CT molecular complexity index is 216. The van der Waals surface area contributed by atoms with Crippen molar-refractivity contribution >= 4 is 12.4 Å². The molecule has 0 unspecified atom stereocenters. The number of nitrogens with zero attached hydrogens (tertiary/aromatic N) is 2. The molecule has 12 heavy (non-hydrogen) atoms. The molecule has 0 saturated carbocycles. The zero-order chi connectivity index (χ0) is 8.10. The number of aromatic nitrogens is 2. The lowest BCUT2D eigenvalue weighted by Crippen LogP contribution is -1.99. The second-order valence-corrected chi connectivity index (χ2v) is 2.05. The Morgan fingerprint density at radius 3 is 2.83 bits per heavy atom. The maximum Gasteiger partial charge on any atom is 0.229 e. The van der Waals surface area contributed by atoms with Crippen LogP contribution in [0, 0.1) is 0 Å². The molecule has 1 rings (SSSR count). The average molecular weight is 194 g/mol. The van der Waals surface area contributed by atoms with Gasteiger partial charge < -0.3 is 15.0 Å². The lowest BCUT2D eigenvalue weighted by molar-refractivity contribution is 0.192. The number of hydrogen-bond acceptors (Lipinski definition) is 5. The fourth-order valence-electron chi connectivity index (χ4n) is 0.664. The molecule has 6 heteroatoms. The van der Waals surface area contributed by atoms with Gasteiger partial charge in [0.25, 0.3) is 0 Å². The molecule has 0 amide bonds. The first-order valence-electron chi connectivity index (χ1n) is 3.37. The van der Waals surface area contributed by atoms with Gasteiger partial charge in [0.1, 0.15) is 0 Å². The van der Waals surface area contributed by atoms with Crippen LogP contribution < -0.4 is 5.73 Å². The average Bonchev–Trinajstić information content (AvgIpc) is 2.48. The van der Waals surface area contributed by atoms with E-state index < -0.39 is 0 Å². The molecule has 1 aromatic heterocycles. The van der Waals surface area contributed by atoms with Gasteiger partial charge in [-0.25, -0.2) is 0 Å². The number of ether oxygens (including phenoxy) is 1. The molecule has 0 aliphatic carbocycles. The van der Waals surface area contributed by atoms with Crippen LogP contribution in [0.5, 0.6) is 0 Å². The summed E-state index contributed by atoms with van der Waals surface area (Å²) < 4.78 is 9.67. The molecule has 70 valence electrons. The quantitative estimate of drug-likeness (QED) is 0.736. The Morgan fingerprint density at radius 1 is 1.58 bits per heavy atom. The van der Waals surface area contributed by atoms with Gasteiger partial charge in [0.2, 0.25) is 5.89 Å². The van der Waals surface area contributed by atoms with Gasteiger partial charge in [-0.05, 0) is 0 Å². The van der Waals surface area contributed by atoms with Crippen LogP contribution in [-0.4, -0.2) is 23.9 Å². The predicted octanol–water partition coefficient (Wildman–Crippen LogP) is 0.139. The van der Waals surface area contributed by atoms with Crippen molar-refractivity contribution in [3.63, 3.8) is 0 Å². The van der Waals surface area contributed by atoms with Gasteiger partial charge in [-0.15, -0.1) is 12.4 Å². The van der Waals surface area contributed by atoms with E-state index in [1.165, 1.54) is 0 Å². The fourth-order valence-corrected chi connectivity index (χ4v) is 0.664. The lowest BCUT2D eigenvalue weighted by Gasteiger charge is -1.89. The third-order valence-corrected chi connectivity index (χ3v) is 1.21. The van der Waals surface area contributed by atoms with Crippen LogP contribution in [0.25, 0.3) is 0 Å². The third-order valence-electron chi connectivity index (χ3n) is 1.21. The third kappa shape index (κ3) is 3.17. The molecule has 0 spiro atoms. The van der Waals surface area contributed by atoms with E-state index in [4.69, 9.17) is 15.0 Å². The Labute approximate surface area is 76.7 Å². The summed E-state index contributed by atoms with van der Waals surface area (Å²) in [6.07, 6.45) is 0.642. The van der Waals surface area contributed by atoms with Crippen molar-refractivity contribution in [1.82, 2.24) is 10.1 Å². The van der Waals surface area contributed by atoms with E-state index in [1.807, 2.05) is 0 Å². The molecule has 0 radical (unpaired) electrons. The highest BCUT2D eigenvalue weighted by molar-refractivity contribution is 5.85. The first kappa shape index (κ1) is 11.4. The molecule has 0 aliphatic heterocycles. The zero-order valence-corrected chi connectivity index (χ0v) is 7.63. The molecular formula is C6H12ClN3O2. The van der Waals surface area contributed by atoms with E-state index in [1.54, 1.807) is 7.11 Å². The maximum atomic E-state index is 5.28. The van der Waals surface area contributed by atoms with Gasteiger partial charge in [-0.3, -0.25) is 0 Å². The summed E-state index contributed by atoms with van der Waals surface area (Å²) in [4.78, 5) is 3.98. The van der Waals surface area contributed by atoms with Crippen molar-refractivity contribution in [3.8, 4) is 0 Å². The van der Waals surface area contributed by atoms with Crippen LogP contribution in [0.1, 0.15) is 11.7 Å². The van der Waals surface area contributed by atoms with Crippen molar-refractivity contribution in [2.24, 2.45) is 5.73 Å². The van der Waals surface area contributed by atoms with E-state index in [-0.39, 0.29) is 12.4 Å². The summed E-state index contributed by atoms with van der Waals surface area (Å²) in [5, 5.41) is 3.62. The number of methoxy groups -OCH3 is 1. The molecule has 5 nitrogen and oxygen atoms in total. The maximum absolute atomic E-state index is 5.28. The zero-order valence-electron chi connectivity index (χ0n) is 6.82. The second-order valence-electron chi connectivity index (χ2n) is 2.05. The summed E-state index contributed by atoms with van der Waals surface area (Å²) in [5.41, 5.74) is 5.28. The van der Waals surface area contributed by atoms with E-state index in [0.717, 1.165) is 0 Å². The second kappa shape index (κ2) is 5.93. The molecule has 0 fully saturated rings. The number of rotatable bonds is 4. The smallest absolute Gasteiger partial charge is 0.229 e. The van der Waals surface area contributed by atoms with Crippen LogP contribution in [-0.2, 0) is 17.7 Å². The van der Waals surface area contributed by atoms with Crippen LogP contribution >= 0.6 is 12.4 Å². The van der Waals surface area contributed by atoms with Gasteiger partial charge >= 0.3 is 0 Å². The van der Waals surface area contributed by atoms with Crippen LogP contribution in [0.3, 0.4) is 0 Å². The van der Waals surface area contributed by atoms with Crippen molar-refractivity contribution in [1.29, 1.82) is 0 Å². The predicted molar refractivity (Wildman–Crippen MR) is 45.0 cm³/mol. The van der Waals surface area contributed by atoms with Gasteiger partial charge in [0.05, 0.1) is 19.6 Å². The molecule has 1 heterocycles. The monoisotopic (exact) mass is 193 g/mol. The normalized spacial score (nSPS) is 9.50. The topological polar surface area (TPSA) is 74.2 Å². The first-order chi connectivity index (χ1) is 5.36. The lowest BCUT2D eigenvalue weighted by atomic mass is 10.4. The fraction of sp³-hybridized carbons (Fsp3) is 0.667. The summed E-state index contributed by atoms with van der Waals surface area (Å²) in [6.45, 7) is 0.905. The van der Waals surface area contributed by atoms with Crippen LogP contribution in [0.15, 0.2) is 4.52 Å². The minimum atomic E-state index is 0. The molecule has 1 aromatic rings. The highest BCUT2D eigenvalue weighted by atomic mass is 35.5. The molecule has 2 N–H and O–H groups in total. The molecule has 0 aliphatic rings. The summed E-state index contributed by atoms with van der Waals surface area (Å²) >= 11 is 0. The van der Waals surface area contributed by atoms with E-state index >= 15 is 0 Å². The van der Waals surface area contributed by atoms with Crippen molar-refractivity contribution < 1.29 is 9.26 Å². The van der Waals surface area contributed by atoms with Crippen LogP contribution in [0.2, 0.25) is 0 Å². The number of nitrogens with two attached hydrogens (primary N) is 1. The molecule has 0 saturated heterocycles. The highest BCUT2D eigenvalue weighted by Crippen LogP contribution is 1.96. The van der Waals surface area contributed by atoms with Gasteiger partial charge in [0.15, 0.2) is 5.82 Å². The van der Waals surface area contributed by atoms with E-state index in [0.29, 0.717) is 31.3 Å². The van der Waals surface area contributed by atoms with Crippen molar-refractivity contribution in [2.45, 2.75) is 13.0 Å². The van der Waals surface area contributed by atoms with E-state index in [9.17, 15) is 0 Å². The first-order valence-corrected chi connectivity index (χ1v) is 3.37. The Kier molecular flexibility index (Phi) is 5.61. The summed E-state index contributed by atoms with van der Waals surface area (Å²) in [5.74, 6) is 1.11. The van der Waals surface area contributed by atoms with Gasteiger partial charge in [0, 0.05) is 7.11 Å². The van der Waals surface area contributed by atoms with Gasteiger partial charge in [-0.2, -0.15) is 4.98 Å². The standard InChI is InChI=1S/C6H11N3O2.ClH/c1-10-3-2-6-8-5(4-7)9-11-6;/h2-4,7H2,1H3;1H. The number of hydrogen-bond donors (Lipinski definition) is 1. The minimum absolute atomic E-state index is 0. The van der Waals surface area contributed by atoms with Crippen molar-refractivity contribution in [2.75, 3.05) is 13.7 Å². The largest absolute Gasteiger partial charge is 0.384 e. The SMILES string of the molecule is COCCc1nc(CN)no1.Cl. The molecular weight excluding hydrogens is 182 g/mol. The highest BCUT2D eigenvalue weighted by Gasteiger charge is 2.02. The molecule has 0 bridgehead atoms. The Morgan fingerprint density at radius 2 is 2.33 bits per heavy atom. The van der Waals surface area contributed by atoms with Crippen molar-refractivity contribution in [3.05, 3.63) is 11.7 Å².